The molecule has 1 heterocycles. The maximum Gasteiger partial charge on any atom is 0.433 e. The van der Waals surface area contributed by atoms with Crippen LogP contribution >= 0.6 is 0 Å². The highest BCUT2D eigenvalue weighted by molar-refractivity contribution is 5.90. The number of nitrogens with one attached hydrogen (secondary N) is 1. The minimum Gasteiger partial charge on any atom is -0.447 e. The third kappa shape index (κ3) is 3.74. The van der Waals surface area contributed by atoms with Gasteiger partial charge in [-0.2, -0.15) is 0 Å². The van der Waals surface area contributed by atoms with Gasteiger partial charge in [-0.15, -0.1) is 0 Å². The number of carbonyl (C=O) groups excluding carboxylic acids is 2. The number of ether oxygens (including phenoxy) is 1. The molecule has 0 aliphatic heterocycles. The van der Waals surface area contributed by atoms with E-state index in [4.69, 9.17) is 9.15 Å². The van der Waals surface area contributed by atoms with Crippen molar-refractivity contribution in [2.24, 2.45) is 0 Å². The zero-order valence-electron chi connectivity index (χ0n) is 14.1. The van der Waals surface area contributed by atoms with Gasteiger partial charge in [-0.25, -0.2) is 4.79 Å². The number of furan rings is 1. The first kappa shape index (κ1) is 17.7. The second kappa shape index (κ2) is 7.38. The van der Waals surface area contributed by atoms with Crippen molar-refractivity contribution in [2.45, 2.75) is 38.3 Å². The highest BCUT2D eigenvalue weighted by Crippen LogP contribution is 2.29. The smallest absolute Gasteiger partial charge is 0.433 e. The number of amides is 1. The van der Waals surface area contributed by atoms with Crippen LogP contribution in [0.4, 0.5) is 5.88 Å². The van der Waals surface area contributed by atoms with Gasteiger partial charge in [0.2, 0.25) is 5.76 Å². The molecule has 136 valence electrons. The van der Waals surface area contributed by atoms with E-state index in [2.05, 4.69) is 5.32 Å². The number of esters is 1. The van der Waals surface area contributed by atoms with E-state index in [-0.39, 0.29) is 11.8 Å². The third-order valence-corrected chi connectivity index (χ3v) is 4.31. The predicted octanol–water partition coefficient (Wildman–Crippen LogP) is 2.93. The standard InChI is InChI=1S/C18H18N2O6/c1-11(25-18(22)15-9-10-16(26-15)20(23)24)17(21)19-14-8-4-6-12-5-2-3-7-13(12)14/h2-3,5,7,9-11,14H,4,6,8H2,1H3,(H,19,21)/t11-,14+/m1/s1. The molecule has 0 radical (unpaired) electrons. The molecule has 26 heavy (non-hydrogen) atoms. The van der Waals surface area contributed by atoms with Gasteiger partial charge in [0.15, 0.2) is 6.10 Å². The van der Waals surface area contributed by atoms with Crippen molar-refractivity contribution in [2.75, 3.05) is 0 Å². The molecule has 0 bridgehead atoms. The van der Waals surface area contributed by atoms with E-state index in [1.165, 1.54) is 12.5 Å². The molecular formula is C18H18N2O6. The average Bonchev–Trinajstić information content (AvgIpc) is 3.12. The molecule has 0 saturated heterocycles. The average molecular weight is 358 g/mol. The summed E-state index contributed by atoms with van der Waals surface area (Å²) in [4.78, 5) is 34.2. The zero-order chi connectivity index (χ0) is 18.7. The summed E-state index contributed by atoms with van der Waals surface area (Å²) in [5, 5.41) is 13.5. The number of hydrogen-bond donors (Lipinski definition) is 1. The van der Waals surface area contributed by atoms with Crippen LogP contribution in [0.5, 0.6) is 0 Å². The zero-order valence-corrected chi connectivity index (χ0v) is 14.1. The molecule has 1 aromatic heterocycles. The topological polar surface area (TPSA) is 112 Å². The van der Waals surface area contributed by atoms with E-state index in [1.54, 1.807) is 0 Å². The number of aryl methyl sites for hydroxylation is 1. The Kier molecular flexibility index (Phi) is 5.01. The molecular weight excluding hydrogens is 340 g/mol. The second-order valence-corrected chi connectivity index (χ2v) is 6.09. The molecule has 0 spiro atoms. The molecule has 2 atom stereocenters. The lowest BCUT2D eigenvalue weighted by Crippen LogP contribution is -2.39. The largest absolute Gasteiger partial charge is 0.447 e. The first-order valence-corrected chi connectivity index (χ1v) is 8.29. The highest BCUT2D eigenvalue weighted by Gasteiger charge is 2.27. The van der Waals surface area contributed by atoms with E-state index in [9.17, 15) is 19.7 Å². The fourth-order valence-electron chi connectivity index (χ4n) is 3.00. The van der Waals surface area contributed by atoms with E-state index < -0.39 is 28.8 Å². The van der Waals surface area contributed by atoms with Crippen LogP contribution in [-0.4, -0.2) is 22.9 Å². The van der Waals surface area contributed by atoms with Crippen LogP contribution < -0.4 is 5.32 Å². The van der Waals surface area contributed by atoms with E-state index >= 15 is 0 Å². The summed E-state index contributed by atoms with van der Waals surface area (Å²) < 4.78 is 9.83. The molecule has 0 saturated carbocycles. The van der Waals surface area contributed by atoms with Crippen LogP contribution in [0.25, 0.3) is 0 Å². The molecule has 1 aromatic carbocycles. The predicted molar refractivity (Wildman–Crippen MR) is 90.5 cm³/mol. The van der Waals surface area contributed by atoms with Crippen LogP contribution in [0.3, 0.4) is 0 Å². The minimum absolute atomic E-state index is 0.127. The third-order valence-electron chi connectivity index (χ3n) is 4.31. The lowest BCUT2D eigenvalue weighted by Gasteiger charge is -2.27. The molecule has 0 fully saturated rings. The number of carbonyl (C=O) groups is 2. The highest BCUT2D eigenvalue weighted by atomic mass is 16.7. The lowest BCUT2D eigenvalue weighted by molar-refractivity contribution is -0.402. The maximum atomic E-state index is 12.4. The number of nitrogens with zero attached hydrogens (tertiary/aromatic N) is 1. The van der Waals surface area contributed by atoms with Gasteiger partial charge in [-0.05, 0) is 43.4 Å². The Morgan fingerprint density at radius 2 is 2.08 bits per heavy atom. The Bertz CT molecular complexity index is 844. The molecule has 2 aromatic rings. The number of fused-ring (bicyclic) bond motifs is 1. The van der Waals surface area contributed by atoms with Crippen LogP contribution in [0.15, 0.2) is 40.8 Å². The minimum atomic E-state index is -1.05. The van der Waals surface area contributed by atoms with Gasteiger partial charge in [0.25, 0.3) is 5.91 Å². The van der Waals surface area contributed by atoms with Crippen molar-refractivity contribution in [3.8, 4) is 0 Å². The molecule has 8 nitrogen and oxygen atoms in total. The monoisotopic (exact) mass is 358 g/mol. The number of benzene rings is 1. The second-order valence-electron chi connectivity index (χ2n) is 6.09. The first-order valence-electron chi connectivity index (χ1n) is 8.29. The fraction of sp³-hybridized carbons (Fsp3) is 0.333. The van der Waals surface area contributed by atoms with E-state index in [0.29, 0.717) is 0 Å². The van der Waals surface area contributed by atoms with Gasteiger partial charge in [0, 0.05) is 0 Å². The Balaban J connectivity index is 1.61. The molecule has 0 unspecified atom stereocenters. The van der Waals surface area contributed by atoms with Gasteiger partial charge >= 0.3 is 11.9 Å². The Hall–Kier alpha value is -3.16. The summed E-state index contributed by atoms with van der Waals surface area (Å²) >= 11 is 0. The van der Waals surface area contributed by atoms with Crippen molar-refractivity contribution in [3.05, 3.63) is 63.4 Å². The van der Waals surface area contributed by atoms with E-state index in [0.717, 1.165) is 37.0 Å². The van der Waals surface area contributed by atoms with Gasteiger partial charge in [0.05, 0.1) is 12.1 Å². The van der Waals surface area contributed by atoms with Crippen LogP contribution in [0.1, 0.15) is 47.5 Å². The van der Waals surface area contributed by atoms with Gasteiger partial charge in [-0.3, -0.25) is 14.9 Å². The maximum absolute atomic E-state index is 12.4. The summed E-state index contributed by atoms with van der Waals surface area (Å²) in [6.45, 7) is 1.44. The SMILES string of the molecule is C[C@@H](OC(=O)c1ccc([N+](=O)[O-])o1)C(=O)N[C@H]1CCCc2ccccc21. The summed E-state index contributed by atoms with van der Waals surface area (Å²) in [6, 6.07) is 9.99. The number of nitro groups is 1. The summed E-state index contributed by atoms with van der Waals surface area (Å²) in [6.07, 6.45) is 1.70. The lowest BCUT2D eigenvalue weighted by atomic mass is 9.87. The van der Waals surface area contributed by atoms with Gasteiger partial charge in [0.1, 0.15) is 4.92 Å². The quantitative estimate of drug-likeness (QED) is 0.500. The number of hydrogen-bond acceptors (Lipinski definition) is 6. The van der Waals surface area contributed by atoms with Gasteiger partial charge < -0.3 is 14.5 Å². The molecule has 1 N–H and O–H groups in total. The van der Waals surface area contributed by atoms with Crippen LogP contribution in [0, 0.1) is 10.1 Å². The van der Waals surface area contributed by atoms with Crippen molar-refractivity contribution >= 4 is 17.8 Å². The van der Waals surface area contributed by atoms with Crippen LogP contribution in [-0.2, 0) is 16.0 Å². The van der Waals surface area contributed by atoms with Crippen molar-refractivity contribution in [1.29, 1.82) is 0 Å². The molecule has 3 rings (SSSR count). The van der Waals surface area contributed by atoms with Crippen molar-refractivity contribution in [1.82, 2.24) is 5.32 Å². The van der Waals surface area contributed by atoms with Gasteiger partial charge in [-0.1, -0.05) is 24.3 Å². The van der Waals surface area contributed by atoms with Crippen LogP contribution in [0.2, 0.25) is 0 Å². The summed E-state index contributed by atoms with van der Waals surface area (Å²) in [5.41, 5.74) is 2.28. The molecule has 1 aliphatic carbocycles. The normalized spacial score (nSPS) is 17.0. The Morgan fingerprint density at radius 3 is 2.81 bits per heavy atom. The van der Waals surface area contributed by atoms with E-state index in [1.807, 2.05) is 24.3 Å². The summed E-state index contributed by atoms with van der Waals surface area (Å²) in [5.74, 6) is -2.24. The first-order chi connectivity index (χ1) is 12.5. The summed E-state index contributed by atoms with van der Waals surface area (Å²) in [7, 11) is 0. The fourth-order valence-corrected chi connectivity index (χ4v) is 3.00. The Morgan fingerprint density at radius 1 is 1.31 bits per heavy atom. The Labute approximate surface area is 149 Å². The molecule has 1 amide bonds. The van der Waals surface area contributed by atoms with Crippen molar-refractivity contribution < 1.29 is 23.7 Å². The van der Waals surface area contributed by atoms with Crippen molar-refractivity contribution in [3.63, 3.8) is 0 Å². The molecule has 1 aliphatic rings. The number of rotatable bonds is 5. The molecule has 8 heteroatoms.